The first kappa shape index (κ1) is 23.7. The van der Waals surface area contributed by atoms with Crippen molar-refractivity contribution >= 4 is 5.78 Å². The topological polar surface area (TPSA) is 20.3 Å². The fourth-order valence-corrected chi connectivity index (χ4v) is 5.23. The van der Waals surface area contributed by atoms with Gasteiger partial charge in [-0.1, -0.05) is 88.4 Å². The smallest absolute Gasteiger partial charge is 0.163 e. The Morgan fingerprint density at radius 3 is 2.32 bits per heavy atom. The van der Waals surface area contributed by atoms with E-state index in [1.54, 1.807) is 0 Å². The van der Waals surface area contributed by atoms with Crippen molar-refractivity contribution in [2.75, 3.05) is 20.6 Å². The second kappa shape index (κ2) is 11.6. The molecule has 3 rings (SSSR count). The maximum absolute atomic E-state index is 13.3. The molecule has 2 heteroatoms. The van der Waals surface area contributed by atoms with Gasteiger partial charge in [0.1, 0.15) is 0 Å². The molecule has 0 unspecified atom stereocenters. The molecule has 0 aromatic heterocycles. The van der Waals surface area contributed by atoms with Crippen molar-refractivity contribution in [1.29, 1.82) is 0 Å². The van der Waals surface area contributed by atoms with Crippen molar-refractivity contribution in [3.05, 3.63) is 59.7 Å². The fourth-order valence-electron chi connectivity index (χ4n) is 5.23. The van der Waals surface area contributed by atoms with Crippen molar-refractivity contribution in [3.63, 3.8) is 0 Å². The molecular formula is C29H41NO. The Kier molecular flexibility index (Phi) is 8.90. The number of ketones is 1. The third-order valence-electron chi connectivity index (χ3n) is 6.58. The van der Waals surface area contributed by atoms with E-state index in [-0.39, 0.29) is 0 Å². The van der Waals surface area contributed by atoms with Crippen molar-refractivity contribution in [2.45, 2.75) is 65.2 Å². The van der Waals surface area contributed by atoms with Gasteiger partial charge in [0.15, 0.2) is 5.78 Å². The molecule has 0 aliphatic heterocycles. The highest BCUT2D eigenvalue weighted by Crippen LogP contribution is 2.31. The first-order valence-electron chi connectivity index (χ1n) is 12.3. The predicted octanol–water partition coefficient (Wildman–Crippen LogP) is 7.27. The second-order valence-electron chi connectivity index (χ2n) is 10.4. The minimum Gasteiger partial charge on any atom is -0.309 e. The number of benzene rings is 2. The van der Waals surface area contributed by atoms with Gasteiger partial charge in [-0.25, -0.2) is 0 Å². The molecule has 168 valence electrons. The summed E-state index contributed by atoms with van der Waals surface area (Å²) in [5.41, 5.74) is 4.58. The molecule has 0 spiro atoms. The van der Waals surface area contributed by atoms with Gasteiger partial charge in [0, 0.05) is 18.5 Å². The minimum absolute atomic E-state index is 0.294. The summed E-state index contributed by atoms with van der Waals surface area (Å²) in [7, 11) is 4.26. The highest BCUT2D eigenvalue weighted by atomic mass is 16.1. The van der Waals surface area contributed by atoms with Crippen LogP contribution in [-0.4, -0.2) is 31.3 Å². The third-order valence-corrected chi connectivity index (χ3v) is 6.58. The summed E-state index contributed by atoms with van der Waals surface area (Å²) in [5, 5.41) is 0. The first-order chi connectivity index (χ1) is 14.9. The quantitative estimate of drug-likeness (QED) is 0.377. The van der Waals surface area contributed by atoms with Gasteiger partial charge in [0.25, 0.3) is 0 Å². The van der Waals surface area contributed by atoms with Gasteiger partial charge in [-0.3, -0.25) is 4.79 Å². The lowest BCUT2D eigenvalue weighted by Crippen LogP contribution is -2.26. The number of rotatable bonds is 10. The maximum Gasteiger partial charge on any atom is 0.163 e. The molecule has 1 aliphatic rings. The largest absolute Gasteiger partial charge is 0.309 e. The van der Waals surface area contributed by atoms with E-state index in [9.17, 15) is 4.79 Å². The molecule has 1 atom stereocenters. The zero-order valence-corrected chi connectivity index (χ0v) is 20.1. The lowest BCUT2D eigenvalue weighted by molar-refractivity contribution is 0.0940. The zero-order chi connectivity index (χ0) is 22.2. The highest BCUT2D eigenvalue weighted by Gasteiger charge is 2.22. The van der Waals surface area contributed by atoms with E-state index in [2.05, 4.69) is 69.2 Å². The number of Topliss-reactive ketones (excluding diaryl/α,β-unsaturated/α-hetero) is 1. The average molecular weight is 420 g/mol. The number of carbonyl (C=O) groups excluding carboxylic acids is 1. The molecule has 2 nitrogen and oxygen atoms in total. The van der Waals surface area contributed by atoms with E-state index in [1.165, 1.54) is 49.7 Å². The van der Waals surface area contributed by atoms with E-state index in [1.807, 2.05) is 12.1 Å². The molecule has 0 saturated heterocycles. The molecule has 0 radical (unpaired) electrons. The van der Waals surface area contributed by atoms with Crippen molar-refractivity contribution in [1.82, 2.24) is 4.90 Å². The van der Waals surface area contributed by atoms with Crippen molar-refractivity contribution in [2.24, 2.45) is 17.8 Å². The SMILES string of the molecule is CC(C)Cc1cccc(-c2cccc(C(=O)C[C@H](CC3CCCCC3)CN(C)C)c2)c1. The number of nitrogens with zero attached hydrogens (tertiary/aromatic N) is 1. The van der Waals surface area contributed by atoms with Crippen LogP contribution in [0.3, 0.4) is 0 Å². The van der Waals surface area contributed by atoms with Gasteiger partial charge in [-0.15, -0.1) is 0 Å². The molecule has 0 amide bonds. The normalized spacial score (nSPS) is 16.1. The van der Waals surface area contributed by atoms with E-state index >= 15 is 0 Å². The summed E-state index contributed by atoms with van der Waals surface area (Å²) in [6.45, 7) is 5.51. The van der Waals surface area contributed by atoms with Gasteiger partial charge in [0.2, 0.25) is 0 Å². The van der Waals surface area contributed by atoms with Gasteiger partial charge in [0.05, 0.1) is 0 Å². The Bertz CT molecular complexity index is 832. The van der Waals surface area contributed by atoms with Gasteiger partial charge >= 0.3 is 0 Å². The molecule has 1 saturated carbocycles. The van der Waals surface area contributed by atoms with Crippen LogP contribution in [0.5, 0.6) is 0 Å². The zero-order valence-electron chi connectivity index (χ0n) is 20.1. The van der Waals surface area contributed by atoms with E-state index < -0.39 is 0 Å². The molecule has 0 heterocycles. The minimum atomic E-state index is 0.294. The lowest BCUT2D eigenvalue weighted by atomic mass is 9.80. The highest BCUT2D eigenvalue weighted by molar-refractivity contribution is 5.97. The predicted molar refractivity (Wildman–Crippen MR) is 133 cm³/mol. The molecule has 0 N–H and O–H groups in total. The standard InChI is InChI=1S/C29H41NO/c1-22(2)16-24-12-8-13-26(18-24)27-14-9-15-28(20-27)29(31)19-25(21-30(3)4)17-23-10-6-5-7-11-23/h8-9,12-15,18,20,22-23,25H,5-7,10-11,16-17,19,21H2,1-4H3/t25-/m0/s1. The summed E-state index contributed by atoms with van der Waals surface area (Å²) in [6, 6.07) is 17.0. The first-order valence-corrected chi connectivity index (χ1v) is 12.3. The molecule has 2 aromatic carbocycles. The van der Waals surface area contributed by atoms with Crippen molar-refractivity contribution in [3.8, 4) is 11.1 Å². The fraction of sp³-hybridized carbons (Fsp3) is 0.552. The van der Waals surface area contributed by atoms with Crippen molar-refractivity contribution < 1.29 is 4.79 Å². The molecule has 0 bridgehead atoms. The Hall–Kier alpha value is -1.93. The maximum atomic E-state index is 13.3. The molecule has 2 aromatic rings. The Morgan fingerprint density at radius 1 is 0.968 bits per heavy atom. The second-order valence-corrected chi connectivity index (χ2v) is 10.4. The number of hydrogen-bond acceptors (Lipinski definition) is 2. The number of hydrogen-bond donors (Lipinski definition) is 0. The molecule has 1 aliphatic carbocycles. The third kappa shape index (κ3) is 7.61. The summed E-state index contributed by atoms with van der Waals surface area (Å²) < 4.78 is 0. The van der Waals surface area contributed by atoms with Crippen LogP contribution < -0.4 is 0 Å². The molecule has 1 fully saturated rings. The monoisotopic (exact) mass is 419 g/mol. The van der Waals surface area contributed by atoms with Crippen LogP contribution in [0.25, 0.3) is 11.1 Å². The van der Waals surface area contributed by atoms with Crippen LogP contribution in [0.15, 0.2) is 48.5 Å². The Morgan fingerprint density at radius 2 is 1.65 bits per heavy atom. The van der Waals surface area contributed by atoms with Crippen LogP contribution >= 0.6 is 0 Å². The van der Waals surface area contributed by atoms with Crippen LogP contribution in [0.4, 0.5) is 0 Å². The van der Waals surface area contributed by atoms with Crippen LogP contribution in [0.2, 0.25) is 0 Å². The lowest BCUT2D eigenvalue weighted by Gasteiger charge is -2.28. The van der Waals surface area contributed by atoms with Gasteiger partial charge in [-0.2, -0.15) is 0 Å². The summed E-state index contributed by atoms with van der Waals surface area (Å²) in [6.07, 6.45) is 9.75. The average Bonchev–Trinajstić information content (AvgIpc) is 2.74. The van der Waals surface area contributed by atoms with Crippen LogP contribution in [0.1, 0.15) is 74.7 Å². The summed E-state index contributed by atoms with van der Waals surface area (Å²) >= 11 is 0. The van der Waals surface area contributed by atoms with Crippen LogP contribution in [-0.2, 0) is 6.42 Å². The van der Waals surface area contributed by atoms with E-state index in [4.69, 9.17) is 0 Å². The molecular weight excluding hydrogens is 378 g/mol. The summed E-state index contributed by atoms with van der Waals surface area (Å²) in [5.74, 6) is 2.19. The van der Waals surface area contributed by atoms with Gasteiger partial charge < -0.3 is 4.90 Å². The van der Waals surface area contributed by atoms with Crippen LogP contribution in [0, 0.1) is 17.8 Å². The summed E-state index contributed by atoms with van der Waals surface area (Å²) in [4.78, 5) is 15.5. The van der Waals surface area contributed by atoms with E-state index in [0.717, 1.165) is 30.0 Å². The van der Waals surface area contributed by atoms with E-state index in [0.29, 0.717) is 24.0 Å². The number of carbonyl (C=O) groups is 1. The van der Waals surface area contributed by atoms with Gasteiger partial charge in [-0.05, 0) is 67.4 Å². The Balaban J connectivity index is 1.71. The molecule has 31 heavy (non-hydrogen) atoms. The Labute approximate surface area is 190 Å².